The van der Waals surface area contributed by atoms with Crippen molar-refractivity contribution in [3.8, 4) is 0 Å². The number of hydrogen-bond donors (Lipinski definition) is 1. The lowest BCUT2D eigenvalue weighted by Gasteiger charge is -2.28. The van der Waals surface area contributed by atoms with Gasteiger partial charge in [0.1, 0.15) is 4.32 Å². The number of nitrogens with one attached hydrogen (secondary N) is 1. The van der Waals surface area contributed by atoms with Gasteiger partial charge in [-0.3, -0.25) is 0 Å². The Morgan fingerprint density at radius 1 is 1.00 bits per heavy atom. The molecule has 0 spiro atoms. The topological polar surface area (TPSA) is 15.3 Å². The van der Waals surface area contributed by atoms with Gasteiger partial charge in [0, 0.05) is 23.1 Å². The maximum absolute atomic E-state index is 5.45. The summed E-state index contributed by atoms with van der Waals surface area (Å²) < 4.78 is 0.897. The zero-order valence-electron chi connectivity index (χ0n) is 12.5. The van der Waals surface area contributed by atoms with Gasteiger partial charge >= 0.3 is 0 Å². The molecule has 4 heteroatoms. The number of hydrogen-bond acceptors (Lipinski definition) is 3. The number of benzene rings is 2. The summed E-state index contributed by atoms with van der Waals surface area (Å²) in [6.45, 7) is 4.30. The third-order valence-electron chi connectivity index (χ3n) is 3.10. The molecule has 0 heterocycles. The average Bonchev–Trinajstić information content (AvgIpc) is 2.49. The van der Waals surface area contributed by atoms with E-state index >= 15 is 0 Å². The third kappa shape index (κ3) is 4.22. The quantitative estimate of drug-likeness (QED) is 0.770. The Bertz CT molecular complexity index is 579. The molecule has 0 unspecified atom stereocenters. The Morgan fingerprint density at radius 3 is 2.10 bits per heavy atom. The standard InChI is InChI=1S/C17H20N2S2/c1-13(2)19(17(20)21-3)16-11-9-15(10-12-16)18-14-7-5-4-6-8-14/h4-13,18H,1-3H3. The molecule has 1 N–H and O–H groups in total. The fourth-order valence-electron chi connectivity index (χ4n) is 2.11. The first-order valence-corrected chi connectivity index (χ1v) is 8.54. The van der Waals surface area contributed by atoms with Crippen molar-refractivity contribution in [2.45, 2.75) is 19.9 Å². The molecule has 2 aromatic rings. The summed E-state index contributed by atoms with van der Waals surface area (Å²) in [6.07, 6.45) is 2.02. The summed E-state index contributed by atoms with van der Waals surface area (Å²) in [6, 6.07) is 18.9. The van der Waals surface area contributed by atoms with E-state index in [0.717, 1.165) is 21.4 Å². The van der Waals surface area contributed by atoms with Crippen LogP contribution in [0.5, 0.6) is 0 Å². The monoisotopic (exact) mass is 316 g/mol. The molecule has 0 saturated carbocycles. The van der Waals surface area contributed by atoms with Crippen molar-refractivity contribution < 1.29 is 0 Å². The van der Waals surface area contributed by atoms with Crippen LogP contribution in [0.4, 0.5) is 17.1 Å². The number of thiocarbonyl (C=S) groups is 1. The van der Waals surface area contributed by atoms with Crippen LogP contribution in [0.2, 0.25) is 0 Å². The average molecular weight is 316 g/mol. The minimum atomic E-state index is 0.345. The van der Waals surface area contributed by atoms with Crippen LogP contribution in [-0.2, 0) is 0 Å². The summed E-state index contributed by atoms with van der Waals surface area (Å²) in [5.74, 6) is 0. The fourth-order valence-corrected chi connectivity index (χ4v) is 2.94. The van der Waals surface area contributed by atoms with Gasteiger partial charge in [-0.05, 0) is 56.5 Å². The van der Waals surface area contributed by atoms with Crippen molar-refractivity contribution >= 4 is 45.4 Å². The summed E-state index contributed by atoms with van der Waals surface area (Å²) in [7, 11) is 0. The second-order valence-corrected chi connectivity index (χ2v) is 6.41. The Hall–Kier alpha value is -1.52. The molecule has 0 aliphatic heterocycles. The first kappa shape index (κ1) is 15.9. The molecule has 0 saturated heterocycles. The van der Waals surface area contributed by atoms with Crippen LogP contribution < -0.4 is 10.2 Å². The van der Waals surface area contributed by atoms with Crippen LogP contribution in [0.1, 0.15) is 13.8 Å². The molecule has 0 radical (unpaired) electrons. The lowest BCUT2D eigenvalue weighted by atomic mass is 10.2. The molecule has 110 valence electrons. The van der Waals surface area contributed by atoms with Gasteiger partial charge in [0.2, 0.25) is 0 Å². The number of anilines is 3. The molecule has 0 aliphatic carbocycles. The van der Waals surface area contributed by atoms with E-state index in [0.29, 0.717) is 6.04 Å². The van der Waals surface area contributed by atoms with Crippen molar-refractivity contribution in [3.05, 3.63) is 54.6 Å². The SMILES string of the molecule is CSC(=S)N(c1ccc(Nc2ccccc2)cc1)C(C)C. The van der Waals surface area contributed by atoms with Gasteiger partial charge in [0.15, 0.2) is 0 Å². The molecule has 2 nitrogen and oxygen atoms in total. The lowest BCUT2D eigenvalue weighted by Crippen LogP contribution is -2.33. The highest BCUT2D eigenvalue weighted by molar-refractivity contribution is 8.22. The van der Waals surface area contributed by atoms with Gasteiger partial charge in [-0.2, -0.15) is 0 Å². The molecule has 0 bridgehead atoms. The van der Waals surface area contributed by atoms with Crippen LogP contribution in [0.3, 0.4) is 0 Å². The largest absolute Gasteiger partial charge is 0.356 e. The molecule has 0 fully saturated rings. The zero-order chi connectivity index (χ0) is 15.2. The summed E-state index contributed by atoms with van der Waals surface area (Å²) in [5, 5.41) is 3.39. The van der Waals surface area contributed by atoms with Crippen LogP contribution in [0.25, 0.3) is 0 Å². The van der Waals surface area contributed by atoms with Crippen molar-refractivity contribution in [1.29, 1.82) is 0 Å². The lowest BCUT2D eigenvalue weighted by molar-refractivity contribution is 0.817. The van der Waals surface area contributed by atoms with Crippen LogP contribution in [0, 0.1) is 0 Å². The number of thioether (sulfide) groups is 1. The Labute approximate surface area is 136 Å². The number of nitrogens with zero attached hydrogens (tertiary/aromatic N) is 1. The molecule has 0 aromatic heterocycles. The minimum Gasteiger partial charge on any atom is -0.356 e. The van der Waals surface area contributed by atoms with Crippen molar-refractivity contribution in [2.24, 2.45) is 0 Å². The maximum atomic E-state index is 5.45. The van der Waals surface area contributed by atoms with Gasteiger partial charge in [0.25, 0.3) is 0 Å². The third-order valence-corrected chi connectivity index (χ3v) is 4.34. The van der Waals surface area contributed by atoms with Gasteiger partial charge in [-0.1, -0.05) is 30.4 Å². The Balaban J connectivity index is 2.16. The first-order valence-electron chi connectivity index (χ1n) is 6.91. The van der Waals surface area contributed by atoms with Gasteiger partial charge in [-0.15, -0.1) is 11.8 Å². The second-order valence-electron chi connectivity index (χ2n) is 4.97. The van der Waals surface area contributed by atoms with E-state index in [4.69, 9.17) is 12.2 Å². The van der Waals surface area contributed by atoms with Crippen molar-refractivity contribution in [1.82, 2.24) is 0 Å². The normalized spacial score (nSPS) is 10.5. The summed E-state index contributed by atoms with van der Waals surface area (Å²) in [5.41, 5.74) is 3.29. The predicted octanol–water partition coefficient (Wildman–Crippen LogP) is 5.29. The van der Waals surface area contributed by atoms with E-state index in [1.807, 2.05) is 24.5 Å². The number of para-hydroxylation sites is 1. The Morgan fingerprint density at radius 2 is 1.57 bits per heavy atom. The summed E-state index contributed by atoms with van der Waals surface area (Å²) in [4.78, 5) is 2.17. The van der Waals surface area contributed by atoms with Crippen LogP contribution >= 0.6 is 24.0 Å². The molecule has 21 heavy (non-hydrogen) atoms. The fraction of sp³-hybridized carbons (Fsp3) is 0.235. The Kier molecular flexibility index (Phi) is 5.65. The van der Waals surface area contributed by atoms with E-state index in [9.17, 15) is 0 Å². The molecule has 0 aliphatic rings. The highest BCUT2D eigenvalue weighted by Gasteiger charge is 2.14. The van der Waals surface area contributed by atoms with Crippen LogP contribution in [-0.4, -0.2) is 16.6 Å². The molecular weight excluding hydrogens is 296 g/mol. The highest BCUT2D eigenvalue weighted by Crippen LogP contribution is 2.25. The molecule has 2 aromatic carbocycles. The van der Waals surface area contributed by atoms with Gasteiger partial charge in [-0.25, -0.2) is 0 Å². The molecule has 2 rings (SSSR count). The van der Waals surface area contributed by atoms with Gasteiger partial charge in [0.05, 0.1) is 0 Å². The van der Waals surface area contributed by atoms with E-state index < -0.39 is 0 Å². The predicted molar refractivity (Wildman–Crippen MR) is 99.9 cm³/mol. The van der Waals surface area contributed by atoms with Crippen molar-refractivity contribution in [3.63, 3.8) is 0 Å². The highest BCUT2D eigenvalue weighted by atomic mass is 32.2. The molecular formula is C17H20N2S2. The van der Waals surface area contributed by atoms with E-state index in [1.165, 1.54) is 0 Å². The number of rotatable bonds is 4. The van der Waals surface area contributed by atoms with Crippen molar-refractivity contribution in [2.75, 3.05) is 16.5 Å². The second kappa shape index (κ2) is 7.48. The van der Waals surface area contributed by atoms with Crippen LogP contribution in [0.15, 0.2) is 54.6 Å². The van der Waals surface area contributed by atoms with Gasteiger partial charge < -0.3 is 10.2 Å². The molecule has 0 amide bonds. The molecule has 0 atom stereocenters. The summed E-state index contributed by atoms with van der Waals surface area (Å²) >= 11 is 7.05. The first-order chi connectivity index (χ1) is 10.1. The minimum absolute atomic E-state index is 0.345. The van der Waals surface area contributed by atoms with E-state index in [2.05, 4.69) is 60.5 Å². The zero-order valence-corrected chi connectivity index (χ0v) is 14.2. The van der Waals surface area contributed by atoms with E-state index in [1.54, 1.807) is 11.8 Å². The smallest absolute Gasteiger partial charge is 0.140 e. The van der Waals surface area contributed by atoms with E-state index in [-0.39, 0.29) is 0 Å². The maximum Gasteiger partial charge on any atom is 0.140 e.